The van der Waals surface area contributed by atoms with Gasteiger partial charge in [-0.15, -0.1) is 0 Å². The second-order valence-corrected chi connectivity index (χ2v) is 8.04. The van der Waals surface area contributed by atoms with Crippen LogP contribution in [0.25, 0.3) is 0 Å². The monoisotopic (exact) mass is 314 g/mol. The molecule has 3 aliphatic carbocycles. The summed E-state index contributed by atoms with van der Waals surface area (Å²) < 4.78 is 13.9. The van der Waals surface area contributed by atoms with Gasteiger partial charge in [-0.2, -0.15) is 0 Å². The van der Waals surface area contributed by atoms with Gasteiger partial charge in [0, 0.05) is 32.7 Å². The Labute approximate surface area is 139 Å². The molecule has 0 radical (unpaired) electrons. The normalized spacial score (nSPS) is 29.9. The molecule has 1 saturated heterocycles. The molecule has 1 saturated carbocycles. The van der Waals surface area contributed by atoms with Gasteiger partial charge in [0.15, 0.2) is 0 Å². The number of anilines is 1. The third-order valence-corrected chi connectivity index (χ3v) is 6.55. The maximum atomic E-state index is 13.9. The van der Waals surface area contributed by atoms with E-state index in [0.717, 1.165) is 50.2 Å². The van der Waals surface area contributed by atoms with Crippen LogP contribution in [0.15, 0.2) is 35.9 Å². The van der Waals surface area contributed by atoms with Crippen molar-refractivity contribution in [2.45, 2.75) is 26.7 Å². The number of halogens is 1. The SMILES string of the molecule is CC1(C)[C@@H]2CC=C(CN3CCN(c4ccccc4F)CC3)[C@H]1C2. The fraction of sp³-hybridized carbons (Fsp3) is 0.600. The Bertz CT molecular complexity index is 614. The van der Waals surface area contributed by atoms with Gasteiger partial charge < -0.3 is 4.90 Å². The Morgan fingerprint density at radius 3 is 2.52 bits per heavy atom. The second-order valence-electron chi connectivity index (χ2n) is 8.04. The summed E-state index contributed by atoms with van der Waals surface area (Å²) in [4.78, 5) is 4.74. The summed E-state index contributed by atoms with van der Waals surface area (Å²) in [5, 5.41) is 0. The number of benzene rings is 1. The zero-order valence-corrected chi connectivity index (χ0v) is 14.3. The molecule has 1 heterocycles. The zero-order valence-electron chi connectivity index (χ0n) is 14.3. The number of fused-ring (bicyclic) bond motifs is 1. The van der Waals surface area contributed by atoms with Gasteiger partial charge in [-0.1, -0.05) is 37.6 Å². The molecule has 0 amide bonds. The third kappa shape index (κ3) is 2.59. The van der Waals surface area contributed by atoms with Gasteiger partial charge in [-0.25, -0.2) is 4.39 Å². The smallest absolute Gasteiger partial charge is 0.146 e. The molecule has 2 nitrogen and oxygen atoms in total. The van der Waals surface area contributed by atoms with E-state index in [1.165, 1.54) is 12.8 Å². The lowest BCUT2D eigenvalue weighted by Gasteiger charge is -2.57. The van der Waals surface area contributed by atoms with Crippen molar-refractivity contribution in [3.8, 4) is 0 Å². The summed E-state index contributed by atoms with van der Waals surface area (Å²) in [6, 6.07) is 7.14. The number of piperazine rings is 1. The van der Waals surface area contributed by atoms with Gasteiger partial charge in [-0.05, 0) is 42.2 Å². The Kier molecular flexibility index (Phi) is 3.72. The van der Waals surface area contributed by atoms with E-state index in [9.17, 15) is 4.39 Å². The summed E-state index contributed by atoms with van der Waals surface area (Å²) in [5.74, 6) is 1.61. The average molecular weight is 314 g/mol. The molecule has 1 aromatic rings. The highest BCUT2D eigenvalue weighted by Crippen LogP contribution is 2.59. The van der Waals surface area contributed by atoms with Crippen molar-refractivity contribution < 1.29 is 4.39 Å². The Balaban J connectivity index is 1.36. The summed E-state index contributed by atoms with van der Waals surface area (Å²) in [6.45, 7) is 9.90. The number of nitrogens with zero attached hydrogens (tertiary/aromatic N) is 2. The molecule has 23 heavy (non-hydrogen) atoms. The highest BCUT2D eigenvalue weighted by atomic mass is 19.1. The van der Waals surface area contributed by atoms with E-state index < -0.39 is 0 Å². The van der Waals surface area contributed by atoms with Crippen molar-refractivity contribution >= 4 is 5.69 Å². The number of hydrogen-bond donors (Lipinski definition) is 0. The van der Waals surface area contributed by atoms with Crippen molar-refractivity contribution in [2.24, 2.45) is 17.3 Å². The van der Waals surface area contributed by atoms with Crippen molar-refractivity contribution in [3.63, 3.8) is 0 Å². The third-order valence-electron chi connectivity index (χ3n) is 6.55. The zero-order chi connectivity index (χ0) is 16.0. The summed E-state index contributed by atoms with van der Waals surface area (Å²) in [7, 11) is 0. The number of rotatable bonds is 3. The first-order valence-electron chi connectivity index (χ1n) is 8.96. The van der Waals surface area contributed by atoms with Crippen LogP contribution in [0.2, 0.25) is 0 Å². The minimum absolute atomic E-state index is 0.0989. The molecule has 2 fully saturated rings. The first-order chi connectivity index (χ1) is 11.1. The topological polar surface area (TPSA) is 6.48 Å². The number of hydrogen-bond acceptors (Lipinski definition) is 2. The van der Waals surface area contributed by atoms with Crippen LogP contribution in [0.1, 0.15) is 26.7 Å². The van der Waals surface area contributed by atoms with E-state index in [1.807, 2.05) is 12.1 Å². The van der Waals surface area contributed by atoms with E-state index >= 15 is 0 Å². The van der Waals surface area contributed by atoms with E-state index in [-0.39, 0.29) is 5.82 Å². The highest BCUT2D eigenvalue weighted by molar-refractivity contribution is 5.48. The van der Waals surface area contributed by atoms with E-state index in [2.05, 4.69) is 29.7 Å². The molecule has 1 aromatic carbocycles. The quantitative estimate of drug-likeness (QED) is 0.780. The van der Waals surface area contributed by atoms with Crippen molar-refractivity contribution in [1.29, 1.82) is 0 Å². The van der Waals surface area contributed by atoms with Crippen molar-refractivity contribution in [3.05, 3.63) is 41.7 Å². The molecule has 5 rings (SSSR count). The van der Waals surface area contributed by atoms with E-state index in [1.54, 1.807) is 17.7 Å². The van der Waals surface area contributed by atoms with Crippen LogP contribution in [0.3, 0.4) is 0 Å². The average Bonchev–Trinajstić information content (AvgIpc) is 2.56. The molecule has 2 atom stereocenters. The van der Waals surface area contributed by atoms with Gasteiger partial charge in [0.25, 0.3) is 0 Å². The minimum atomic E-state index is -0.0989. The van der Waals surface area contributed by atoms with Crippen LogP contribution in [-0.4, -0.2) is 37.6 Å². The fourth-order valence-corrected chi connectivity index (χ4v) is 4.77. The standard InChI is InChI=1S/C20H27FN2/c1-20(2)16-8-7-15(17(20)13-16)14-22-9-11-23(12-10-22)19-6-4-3-5-18(19)21/h3-7,16-17H,8-14H2,1-2H3/t16-,17-/m1/s1. The summed E-state index contributed by atoms with van der Waals surface area (Å²) in [5.41, 5.74) is 2.93. The Morgan fingerprint density at radius 1 is 1.13 bits per heavy atom. The molecule has 2 bridgehead atoms. The minimum Gasteiger partial charge on any atom is -0.367 e. The Morgan fingerprint density at radius 2 is 1.87 bits per heavy atom. The van der Waals surface area contributed by atoms with Crippen LogP contribution in [0.4, 0.5) is 10.1 Å². The lowest BCUT2D eigenvalue weighted by Crippen LogP contribution is -2.52. The Hall–Kier alpha value is -1.35. The van der Waals surface area contributed by atoms with Crippen LogP contribution >= 0.6 is 0 Å². The van der Waals surface area contributed by atoms with Gasteiger partial charge in [0.05, 0.1) is 5.69 Å². The number of para-hydroxylation sites is 1. The highest BCUT2D eigenvalue weighted by Gasteiger charge is 2.51. The molecular formula is C20H27FN2. The van der Waals surface area contributed by atoms with Crippen LogP contribution in [0.5, 0.6) is 0 Å². The molecule has 0 aromatic heterocycles. The first kappa shape index (κ1) is 15.2. The van der Waals surface area contributed by atoms with Gasteiger partial charge >= 0.3 is 0 Å². The predicted octanol–water partition coefficient (Wildman–Crippen LogP) is 3.94. The lowest BCUT2D eigenvalue weighted by molar-refractivity contribution is -0.0107. The van der Waals surface area contributed by atoms with Crippen LogP contribution < -0.4 is 4.90 Å². The molecule has 124 valence electrons. The second kappa shape index (κ2) is 5.62. The first-order valence-corrected chi connectivity index (χ1v) is 8.96. The molecule has 0 unspecified atom stereocenters. The molecular weight excluding hydrogens is 287 g/mol. The molecule has 0 N–H and O–H groups in total. The molecule has 3 heteroatoms. The van der Waals surface area contributed by atoms with Crippen molar-refractivity contribution in [2.75, 3.05) is 37.6 Å². The summed E-state index contributed by atoms with van der Waals surface area (Å²) in [6.07, 6.45) is 5.18. The predicted molar refractivity (Wildman–Crippen MR) is 93.1 cm³/mol. The van der Waals surface area contributed by atoms with Gasteiger partial charge in [0.1, 0.15) is 5.82 Å². The van der Waals surface area contributed by atoms with E-state index in [0.29, 0.717) is 5.41 Å². The van der Waals surface area contributed by atoms with Crippen molar-refractivity contribution in [1.82, 2.24) is 4.90 Å². The maximum Gasteiger partial charge on any atom is 0.146 e. The molecule has 4 aliphatic rings. The number of allylic oxidation sites excluding steroid dienone is 1. The molecule has 0 spiro atoms. The van der Waals surface area contributed by atoms with Gasteiger partial charge in [0.2, 0.25) is 0 Å². The van der Waals surface area contributed by atoms with Crippen LogP contribution in [-0.2, 0) is 0 Å². The lowest BCUT2D eigenvalue weighted by atomic mass is 9.49. The fourth-order valence-electron chi connectivity index (χ4n) is 4.77. The largest absolute Gasteiger partial charge is 0.367 e. The van der Waals surface area contributed by atoms with Gasteiger partial charge in [-0.3, -0.25) is 4.90 Å². The molecule has 1 aliphatic heterocycles. The maximum absolute atomic E-state index is 13.9. The van der Waals surface area contributed by atoms with Crippen LogP contribution in [0, 0.1) is 23.1 Å². The van der Waals surface area contributed by atoms with E-state index in [4.69, 9.17) is 0 Å². The summed E-state index contributed by atoms with van der Waals surface area (Å²) >= 11 is 0.